The second-order valence-electron chi connectivity index (χ2n) is 7.67. The van der Waals surface area contributed by atoms with Gasteiger partial charge in [0.15, 0.2) is 0 Å². The summed E-state index contributed by atoms with van der Waals surface area (Å²) in [5.74, 6) is -0.0335. The van der Waals surface area contributed by atoms with Crippen molar-refractivity contribution in [2.45, 2.75) is 50.6 Å². The van der Waals surface area contributed by atoms with Crippen molar-refractivity contribution in [1.82, 2.24) is 4.90 Å². The minimum absolute atomic E-state index is 0.0675. The number of carbonyl (C=O) groups excluding carboxylic acids is 1. The number of ether oxygens (including phenoxy) is 1. The number of nitrogens with zero attached hydrogens (tertiary/aromatic N) is 2. The van der Waals surface area contributed by atoms with E-state index in [4.69, 9.17) is 4.74 Å². The number of benzene rings is 1. The van der Waals surface area contributed by atoms with E-state index in [2.05, 4.69) is 23.6 Å². The third-order valence-electron chi connectivity index (χ3n) is 5.50. The Bertz CT molecular complexity index is 602. The molecule has 5 heteroatoms. The topological polar surface area (TPSA) is 32.8 Å². The van der Waals surface area contributed by atoms with Gasteiger partial charge in [-0.3, -0.25) is 4.79 Å². The summed E-state index contributed by atoms with van der Waals surface area (Å²) in [6.07, 6.45) is 3.46. The minimum Gasteiger partial charge on any atom is -0.384 e. The van der Waals surface area contributed by atoms with Gasteiger partial charge in [-0.05, 0) is 57.4 Å². The predicted molar refractivity (Wildman–Crippen MR) is 92.6 cm³/mol. The first-order valence-electron chi connectivity index (χ1n) is 8.71. The Balaban J connectivity index is 1.84. The van der Waals surface area contributed by atoms with Gasteiger partial charge in [0.25, 0.3) is 0 Å². The fourth-order valence-corrected chi connectivity index (χ4v) is 4.53. The van der Waals surface area contributed by atoms with E-state index in [-0.39, 0.29) is 22.8 Å². The Morgan fingerprint density at radius 2 is 2.00 bits per heavy atom. The molecule has 0 aromatic heterocycles. The summed E-state index contributed by atoms with van der Waals surface area (Å²) in [6, 6.07) is 6.68. The Morgan fingerprint density at radius 3 is 2.67 bits per heavy atom. The molecular weight excluding hydrogens is 307 g/mol. The highest BCUT2D eigenvalue weighted by atomic mass is 19.1. The molecule has 2 aliphatic rings. The minimum atomic E-state index is -0.220. The van der Waals surface area contributed by atoms with Crippen molar-refractivity contribution in [1.29, 1.82) is 0 Å². The predicted octanol–water partition coefficient (Wildman–Crippen LogP) is 3.21. The number of rotatable bonds is 4. The zero-order chi connectivity index (χ0) is 17.4. The quantitative estimate of drug-likeness (QED) is 0.848. The standard InChI is InChI=1S/C19H27FN2O2/c1-18(2)13-19(10-4-11-21(19)17(23)9-12-24-3)14-22(18)16-7-5-15(20)6-8-16/h5-8H,4,9-14H2,1-3H3. The highest BCUT2D eigenvalue weighted by Crippen LogP contribution is 2.47. The van der Waals surface area contributed by atoms with Crippen LogP contribution in [0.1, 0.15) is 39.5 Å². The Morgan fingerprint density at radius 1 is 1.29 bits per heavy atom. The maximum Gasteiger partial charge on any atom is 0.225 e. The van der Waals surface area contributed by atoms with Crippen molar-refractivity contribution in [3.8, 4) is 0 Å². The molecule has 1 amide bonds. The SMILES string of the molecule is COCCC(=O)N1CCCC12CN(c1ccc(F)cc1)C(C)(C)C2. The first kappa shape index (κ1) is 17.2. The summed E-state index contributed by atoms with van der Waals surface area (Å²) in [5, 5.41) is 0. The molecular formula is C19H27FN2O2. The van der Waals surface area contributed by atoms with Gasteiger partial charge in [0.2, 0.25) is 5.91 Å². The van der Waals surface area contributed by atoms with Crippen LogP contribution < -0.4 is 4.90 Å². The molecule has 4 nitrogen and oxygen atoms in total. The summed E-state index contributed by atoms with van der Waals surface area (Å²) in [7, 11) is 1.63. The molecule has 2 heterocycles. The number of carbonyl (C=O) groups is 1. The van der Waals surface area contributed by atoms with Crippen molar-refractivity contribution in [3.05, 3.63) is 30.1 Å². The molecule has 0 bridgehead atoms. The highest BCUT2D eigenvalue weighted by molar-refractivity contribution is 5.78. The average Bonchev–Trinajstić information content (AvgIpc) is 3.06. The summed E-state index contributed by atoms with van der Waals surface area (Å²) in [5.41, 5.74) is 0.847. The van der Waals surface area contributed by atoms with Gasteiger partial charge in [0.05, 0.1) is 18.6 Å². The Labute approximate surface area is 143 Å². The van der Waals surface area contributed by atoms with Gasteiger partial charge >= 0.3 is 0 Å². The van der Waals surface area contributed by atoms with Crippen LogP contribution in [0, 0.1) is 5.82 Å². The smallest absolute Gasteiger partial charge is 0.225 e. The van der Waals surface area contributed by atoms with Gasteiger partial charge in [0.1, 0.15) is 5.82 Å². The molecule has 2 saturated heterocycles. The van der Waals surface area contributed by atoms with Crippen molar-refractivity contribution >= 4 is 11.6 Å². The van der Waals surface area contributed by atoms with E-state index in [1.54, 1.807) is 7.11 Å². The van der Waals surface area contributed by atoms with Gasteiger partial charge in [-0.25, -0.2) is 4.39 Å². The molecule has 1 aromatic carbocycles. The maximum absolute atomic E-state index is 13.3. The summed E-state index contributed by atoms with van der Waals surface area (Å²) < 4.78 is 18.3. The van der Waals surface area contributed by atoms with Crippen LogP contribution in [-0.4, -0.2) is 48.7 Å². The van der Waals surface area contributed by atoms with Gasteiger partial charge in [0, 0.05) is 31.4 Å². The van der Waals surface area contributed by atoms with Crippen LogP contribution >= 0.6 is 0 Å². The first-order chi connectivity index (χ1) is 11.4. The maximum atomic E-state index is 13.3. The van der Waals surface area contributed by atoms with Crippen LogP contribution in [0.2, 0.25) is 0 Å². The van der Waals surface area contributed by atoms with Gasteiger partial charge < -0.3 is 14.5 Å². The van der Waals surface area contributed by atoms with E-state index >= 15 is 0 Å². The van der Waals surface area contributed by atoms with Crippen molar-refractivity contribution < 1.29 is 13.9 Å². The third-order valence-corrected chi connectivity index (χ3v) is 5.50. The molecule has 0 saturated carbocycles. The number of likely N-dealkylation sites (tertiary alicyclic amines) is 1. The number of hydrogen-bond acceptors (Lipinski definition) is 3. The molecule has 2 aliphatic heterocycles. The largest absolute Gasteiger partial charge is 0.384 e. The van der Waals surface area contributed by atoms with Crippen LogP contribution in [0.3, 0.4) is 0 Å². The third kappa shape index (κ3) is 3.02. The molecule has 1 atom stereocenters. The number of halogens is 1. The van der Waals surface area contributed by atoms with E-state index in [1.807, 2.05) is 12.1 Å². The zero-order valence-electron chi connectivity index (χ0n) is 14.8. The average molecular weight is 334 g/mol. The van der Waals surface area contributed by atoms with Crippen LogP contribution in [0.15, 0.2) is 24.3 Å². The van der Waals surface area contributed by atoms with Gasteiger partial charge in [-0.15, -0.1) is 0 Å². The molecule has 1 spiro atoms. The lowest BCUT2D eigenvalue weighted by molar-refractivity contribution is -0.135. The van der Waals surface area contributed by atoms with E-state index in [0.717, 1.165) is 38.0 Å². The molecule has 0 N–H and O–H groups in total. The second-order valence-corrected chi connectivity index (χ2v) is 7.67. The van der Waals surface area contributed by atoms with E-state index in [1.165, 1.54) is 12.1 Å². The van der Waals surface area contributed by atoms with Gasteiger partial charge in [-0.1, -0.05) is 0 Å². The molecule has 3 rings (SSSR count). The second kappa shape index (κ2) is 6.36. The van der Waals surface area contributed by atoms with Crippen molar-refractivity contribution in [2.24, 2.45) is 0 Å². The molecule has 24 heavy (non-hydrogen) atoms. The van der Waals surface area contributed by atoms with Crippen LogP contribution in [0.4, 0.5) is 10.1 Å². The summed E-state index contributed by atoms with van der Waals surface area (Å²) >= 11 is 0. The molecule has 1 aromatic rings. The number of hydrogen-bond donors (Lipinski definition) is 0. The van der Waals surface area contributed by atoms with Crippen LogP contribution in [0.25, 0.3) is 0 Å². The number of anilines is 1. The van der Waals surface area contributed by atoms with Crippen molar-refractivity contribution in [2.75, 3.05) is 31.7 Å². The van der Waals surface area contributed by atoms with Crippen LogP contribution in [0.5, 0.6) is 0 Å². The normalized spacial score (nSPS) is 25.7. The lowest BCUT2D eigenvalue weighted by Crippen LogP contribution is -2.49. The molecule has 0 aliphatic carbocycles. The Kier molecular flexibility index (Phi) is 4.56. The van der Waals surface area contributed by atoms with Crippen molar-refractivity contribution in [3.63, 3.8) is 0 Å². The summed E-state index contributed by atoms with van der Waals surface area (Å²) in [4.78, 5) is 17.1. The Hall–Kier alpha value is -1.62. The fraction of sp³-hybridized carbons (Fsp3) is 0.632. The first-order valence-corrected chi connectivity index (χ1v) is 8.71. The monoisotopic (exact) mass is 334 g/mol. The lowest BCUT2D eigenvalue weighted by Gasteiger charge is -2.35. The fourth-order valence-electron chi connectivity index (χ4n) is 4.53. The zero-order valence-corrected chi connectivity index (χ0v) is 14.8. The number of amides is 1. The molecule has 2 fully saturated rings. The lowest BCUT2D eigenvalue weighted by atomic mass is 9.87. The molecule has 132 valence electrons. The van der Waals surface area contributed by atoms with E-state index in [9.17, 15) is 9.18 Å². The van der Waals surface area contributed by atoms with Crippen LogP contribution in [-0.2, 0) is 9.53 Å². The van der Waals surface area contributed by atoms with E-state index < -0.39 is 0 Å². The highest BCUT2D eigenvalue weighted by Gasteiger charge is 2.54. The number of methoxy groups -OCH3 is 1. The van der Waals surface area contributed by atoms with Gasteiger partial charge in [-0.2, -0.15) is 0 Å². The molecule has 1 unspecified atom stereocenters. The molecule has 0 radical (unpaired) electrons. The van der Waals surface area contributed by atoms with E-state index in [0.29, 0.717) is 13.0 Å². The summed E-state index contributed by atoms with van der Waals surface area (Å²) in [6.45, 7) is 6.53.